The Hall–Kier alpha value is -3.90. The third-order valence-corrected chi connectivity index (χ3v) is 6.96. The van der Waals surface area contributed by atoms with Crippen molar-refractivity contribution in [1.82, 2.24) is 19.7 Å². The van der Waals surface area contributed by atoms with Gasteiger partial charge < -0.3 is 14.6 Å². The SMILES string of the molecule is COc1ccc(S(=O)(=O)c2cc3c(=O)[nH]c(-n4cc(C(=O)O)cn4)nc3cc2Cl)cc1OC. The van der Waals surface area contributed by atoms with Crippen LogP contribution in [-0.4, -0.2) is 53.5 Å². The van der Waals surface area contributed by atoms with Gasteiger partial charge in [0.2, 0.25) is 15.8 Å². The molecule has 0 spiro atoms. The number of carbonyl (C=O) groups is 1. The molecule has 0 aliphatic heterocycles. The van der Waals surface area contributed by atoms with Crippen LogP contribution < -0.4 is 15.0 Å². The number of hydrogen-bond acceptors (Lipinski definition) is 8. The summed E-state index contributed by atoms with van der Waals surface area (Å²) in [5, 5.41) is 12.7. The summed E-state index contributed by atoms with van der Waals surface area (Å²) in [5.74, 6) is -0.706. The summed E-state index contributed by atoms with van der Waals surface area (Å²) in [6, 6.07) is 6.44. The number of ether oxygens (including phenoxy) is 2. The number of benzene rings is 2. The fourth-order valence-corrected chi connectivity index (χ4v) is 4.92. The van der Waals surface area contributed by atoms with Crippen molar-refractivity contribution in [2.45, 2.75) is 9.79 Å². The lowest BCUT2D eigenvalue weighted by Gasteiger charge is -2.12. The molecular formula is C20H15ClN4O7S. The molecule has 2 aromatic carbocycles. The molecule has 4 rings (SSSR count). The largest absolute Gasteiger partial charge is 0.493 e. The van der Waals surface area contributed by atoms with E-state index in [0.717, 1.165) is 16.9 Å². The van der Waals surface area contributed by atoms with Gasteiger partial charge in [-0.3, -0.25) is 9.78 Å². The van der Waals surface area contributed by atoms with Gasteiger partial charge in [0.25, 0.3) is 5.56 Å². The first-order valence-electron chi connectivity index (χ1n) is 9.14. The van der Waals surface area contributed by atoms with Crippen molar-refractivity contribution < 1.29 is 27.8 Å². The Morgan fingerprint density at radius 2 is 1.88 bits per heavy atom. The predicted octanol–water partition coefficient (Wildman–Crippen LogP) is 2.31. The lowest BCUT2D eigenvalue weighted by atomic mass is 10.2. The van der Waals surface area contributed by atoms with Crippen LogP contribution in [0.4, 0.5) is 0 Å². The van der Waals surface area contributed by atoms with Gasteiger partial charge in [-0.05, 0) is 24.3 Å². The molecule has 4 aromatic rings. The van der Waals surface area contributed by atoms with E-state index in [0.29, 0.717) is 5.75 Å². The number of H-pyrrole nitrogens is 1. The number of aromatic nitrogens is 4. The molecule has 2 N–H and O–H groups in total. The zero-order chi connectivity index (χ0) is 23.9. The van der Waals surface area contributed by atoms with Crippen LogP contribution in [0.3, 0.4) is 0 Å². The number of fused-ring (bicyclic) bond motifs is 1. The Morgan fingerprint density at radius 3 is 2.52 bits per heavy atom. The number of rotatable bonds is 6. The summed E-state index contributed by atoms with van der Waals surface area (Å²) in [5.41, 5.74) is -0.674. The second-order valence-electron chi connectivity index (χ2n) is 6.69. The highest BCUT2D eigenvalue weighted by Gasteiger charge is 2.24. The molecule has 0 saturated heterocycles. The van der Waals surface area contributed by atoms with Crippen LogP contribution in [0.5, 0.6) is 11.5 Å². The summed E-state index contributed by atoms with van der Waals surface area (Å²) >= 11 is 6.28. The first kappa shape index (κ1) is 22.3. The molecule has 0 saturated carbocycles. The van der Waals surface area contributed by atoms with Crippen LogP contribution in [0.1, 0.15) is 10.4 Å². The maximum absolute atomic E-state index is 13.2. The number of halogens is 1. The highest BCUT2D eigenvalue weighted by molar-refractivity contribution is 7.91. The number of aromatic carboxylic acids is 1. The maximum atomic E-state index is 13.2. The van der Waals surface area contributed by atoms with E-state index in [9.17, 15) is 18.0 Å². The van der Waals surface area contributed by atoms with Gasteiger partial charge in [-0.2, -0.15) is 5.10 Å². The van der Waals surface area contributed by atoms with Gasteiger partial charge in [0.1, 0.15) is 0 Å². The van der Waals surface area contributed by atoms with Gasteiger partial charge in [-0.15, -0.1) is 0 Å². The third-order valence-electron chi connectivity index (χ3n) is 4.75. The van der Waals surface area contributed by atoms with Gasteiger partial charge in [-0.25, -0.2) is 22.9 Å². The van der Waals surface area contributed by atoms with Gasteiger partial charge in [0.15, 0.2) is 11.5 Å². The Labute approximate surface area is 191 Å². The van der Waals surface area contributed by atoms with Gasteiger partial charge >= 0.3 is 5.97 Å². The predicted molar refractivity (Wildman–Crippen MR) is 116 cm³/mol. The summed E-state index contributed by atoms with van der Waals surface area (Å²) in [6.07, 6.45) is 2.27. The minimum Gasteiger partial charge on any atom is -0.493 e. The summed E-state index contributed by atoms with van der Waals surface area (Å²) < 4.78 is 37.9. The van der Waals surface area contributed by atoms with E-state index in [1.807, 2.05) is 0 Å². The van der Waals surface area contributed by atoms with E-state index in [-0.39, 0.29) is 43.0 Å². The monoisotopic (exact) mass is 490 g/mol. The lowest BCUT2D eigenvalue weighted by Crippen LogP contribution is -2.15. The fraction of sp³-hybridized carbons (Fsp3) is 0.100. The van der Waals surface area contributed by atoms with E-state index >= 15 is 0 Å². The molecule has 0 radical (unpaired) electrons. The molecule has 0 bridgehead atoms. The fourth-order valence-electron chi connectivity index (χ4n) is 3.10. The Morgan fingerprint density at radius 1 is 1.15 bits per heavy atom. The van der Waals surface area contributed by atoms with Gasteiger partial charge in [0.05, 0.1) is 51.7 Å². The van der Waals surface area contributed by atoms with E-state index < -0.39 is 21.4 Å². The standard InChI is InChI=1S/C20H15ClN4O7S/c1-31-15-4-3-11(5-16(15)32-2)33(29,30)17-6-12-14(7-13(17)21)23-20(24-18(12)26)25-9-10(8-22-25)19(27)28/h3-9H,1-2H3,(H,27,28)(H,23,24,26). The summed E-state index contributed by atoms with van der Waals surface area (Å²) in [7, 11) is -1.34. The zero-order valence-corrected chi connectivity index (χ0v) is 18.6. The molecule has 33 heavy (non-hydrogen) atoms. The van der Waals surface area contributed by atoms with Crippen LogP contribution in [0.2, 0.25) is 5.02 Å². The molecular weight excluding hydrogens is 476 g/mol. The average Bonchev–Trinajstić information content (AvgIpc) is 3.28. The third kappa shape index (κ3) is 3.90. The quantitative estimate of drug-likeness (QED) is 0.414. The summed E-state index contributed by atoms with van der Waals surface area (Å²) in [4.78, 5) is 30.0. The minimum atomic E-state index is -4.13. The second-order valence-corrected chi connectivity index (χ2v) is 9.01. The molecule has 0 atom stereocenters. The molecule has 11 nitrogen and oxygen atoms in total. The molecule has 13 heteroatoms. The number of nitrogens with zero attached hydrogens (tertiary/aromatic N) is 3. The van der Waals surface area contributed by atoms with Crippen molar-refractivity contribution in [2.24, 2.45) is 0 Å². The molecule has 0 unspecified atom stereocenters. The van der Waals surface area contributed by atoms with Crippen LogP contribution >= 0.6 is 11.6 Å². The number of methoxy groups -OCH3 is 2. The van der Waals surface area contributed by atoms with Gasteiger partial charge in [0, 0.05) is 12.3 Å². The lowest BCUT2D eigenvalue weighted by molar-refractivity contribution is 0.0697. The number of carboxylic acid groups (broad SMARTS) is 1. The highest BCUT2D eigenvalue weighted by atomic mass is 35.5. The molecule has 170 valence electrons. The normalized spacial score (nSPS) is 11.5. The number of nitrogens with one attached hydrogen (secondary N) is 1. The van der Waals surface area contributed by atoms with Gasteiger partial charge in [-0.1, -0.05) is 11.6 Å². The van der Waals surface area contributed by atoms with E-state index in [4.69, 9.17) is 26.2 Å². The zero-order valence-electron chi connectivity index (χ0n) is 17.1. The van der Waals surface area contributed by atoms with Crippen molar-refractivity contribution in [3.8, 4) is 17.4 Å². The van der Waals surface area contributed by atoms with Crippen molar-refractivity contribution in [3.63, 3.8) is 0 Å². The Balaban J connectivity index is 1.85. The van der Waals surface area contributed by atoms with Crippen molar-refractivity contribution in [3.05, 3.63) is 63.7 Å². The second kappa shape index (κ2) is 8.22. The number of sulfone groups is 1. The topological polar surface area (TPSA) is 153 Å². The molecule has 0 aliphatic carbocycles. The molecule has 2 aromatic heterocycles. The minimum absolute atomic E-state index is 0.0344. The average molecular weight is 491 g/mol. The van der Waals surface area contributed by atoms with Crippen molar-refractivity contribution in [2.75, 3.05) is 14.2 Å². The Kier molecular flexibility index (Phi) is 5.56. The highest BCUT2D eigenvalue weighted by Crippen LogP contribution is 2.35. The molecule has 2 heterocycles. The van der Waals surface area contributed by atoms with E-state index in [1.54, 1.807) is 0 Å². The maximum Gasteiger partial charge on any atom is 0.338 e. The smallest absolute Gasteiger partial charge is 0.338 e. The van der Waals surface area contributed by atoms with E-state index in [1.165, 1.54) is 44.7 Å². The van der Waals surface area contributed by atoms with Crippen LogP contribution in [0.25, 0.3) is 16.9 Å². The first-order chi connectivity index (χ1) is 15.6. The molecule has 0 fully saturated rings. The van der Waals surface area contributed by atoms with Crippen molar-refractivity contribution in [1.29, 1.82) is 0 Å². The van der Waals surface area contributed by atoms with Crippen molar-refractivity contribution >= 4 is 38.3 Å². The summed E-state index contributed by atoms with van der Waals surface area (Å²) in [6.45, 7) is 0. The Bertz CT molecular complexity index is 1580. The van der Waals surface area contributed by atoms with Crippen LogP contribution in [-0.2, 0) is 9.84 Å². The number of carboxylic acids is 1. The first-order valence-corrected chi connectivity index (χ1v) is 11.0. The van der Waals surface area contributed by atoms with Crippen LogP contribution in [0.15, 0.2) is 57.3 Å². The number of aromatic amines is 1. The molecule has 0 aliphatic rings. The molecule has 0 amide bonds. The van der Waals surface area contributed by atoms with E-state index in [2.05, 4.69) is 15.1 Å². The van der Waals surface area contributed by atoms with Crippen LogP contribution in [0, 0.1) is 0 Å². The number of hydrogen-bond donors (Lipinski definition) is 2.